The van der Waals surface area contributed by atoms with Crippen molar-refractivity contribution in [3.63, 3.8) is 0 Å². The summed E-state index contributed by atoms with van der Waals surface area (Å²) in [6.45, 7) is 1.50. The van der Waals surface area contributed by atoms with Gasteiger partial charge in [0.1, 0.15) is 11.5 Å². The number of carbonyl (C=O) groups is 1. The maximum Gasteiger partial charge on any atom is 0.182 e. The monoisotopic (exact) mass is 278 g/mol. The minimum absolute atomic E-state index is 0.0574. The average Bonchev–Trinajstić information content (AvgIpc) is 2.89. The third-order valence-electron chi connectivity index (χ3n) is 2.74. The molecule has 0 saturated carbocycles. The third kappa shape index (κ3) is 4.22. The van der Waals surface area contributed by atoms with Gasteiger partial charge in [-0.1, -0.05) is 6.07 Å². The molecule has 0 N–H and O–H groups in total. The van der Waals surface area contributed by atoms with Gasteiger partial charge >= 0.3 is 0 Å². The van der Waals surface area contributed by atoms with Crippen LogP contribution in [0.5, 0.6) is 0 Å². The number of hydrogen-bond acceptors (Lipinski definition) is 4. The van der Waals surface area contributed by atoms with E-state index in [1.54, 1.807) is 11.3 Å². The van der Waals surface area contributed by atoms with Crippen LogP contribution in [0.3, 0.4) is 0 Å². The Bertz CT molecular complexity index is 525. The van der Waals surface area contributed by atoms with Crippen molar-refractivity contribution >= 4 is 17.1 Å². The van der Waals surface area contributed by atoms with Crippen LogP contribution in [0, 0.1) is 5.82 Å². The SMILES string of the molecule is CN(CCC(=O)c1ccc(F)cn1)Cc1cccs1. The minimum atomic E-state index is -0.425. The molecule has 0 bridgehead atoms. The van der Waals surface area contributed by atoms with Gasteiger partial charge in [0.2, 0.25) is 0 Å². The zero-order chi connectivity index (χ0) is 13.7. The molecular formula is C14H15FN2OS. The Balaban J connectivity index is 1.81. The summed E-state index contributed by atoms with van der Waals surface area (Å²) in [7, 11) is 1.98. The maximum absolute atomic E-state index is 12.7. The first-order valence-corrected chi connectivity index (χ1v) is 6.89. The van der Waals surface area contributed by atoms with Crippen molar-refractivity contribution in [2.75, 3.05) is 13.6 Å². The predicted molar refractivity (Wildman–Crippen MR) is 73.8 cm³/mol. The fourth-order valence-electron chi connectivity index (χ4n) is 1.71. The number of pyridine rings is 1. The van der Waals surface area contributed by atoms with Crippen molar-refractivity contribution in [1.29, 1.82) is 0 Å². The molecule has 0 fully saturated rings. The Morgan fingerprint density at radius 2 is 2.26 bits per heavy atom. The molecule has 0 aromatic carbocycles. The highest BCUT2D eigenvalue weighted by Gasteiger charge is 2.09. The van der Waals surface area contributed by atoms with E-state index in [9.17, 15) is 9.18 Å². The highest BCUT2D eigenvalue weighted by molar-refractivity contribution is 7.09. The topological polar surface area (TPSA) is 33.2 Å². The molecule has 3 nitrogen and oxygen atoms in total. The summed E-state index contributed by atoms with van der Waals surface area (Å²) < 4.78 is 12.7. The fourth-order valence-corrected chi connectivity index (χ4v) is 2.49. The molecule has 100 valence electrons. The fraction of sp³-hybridized carbons (Fsp3) is 0.286. The Hall–Kier alpha value is -1.59. The number of rotatable bonds is 6. The quantitative estimate of drug-likeness (QED) is 0.762. The van der Waals surface area contributed by atoms with Gasteiger partial charge in [0.05, 0.1) is 6.20 Å². The summed E-state index contributed by atoms with van der Waals surface area (Å²) in [6, 6.07) is 6.78. The van der Waals surface area contributed by atoms with Crippen LogP contribution in [0.2, 0.25) is 0 Å². The zero-order valence-electron chi connectivity index (χ0n) is 10.7. The molecule has 0 radical (unpaired) electrons. The summed E-state index contributed by atoms with van der Waals surface area (Å²) in [5.74, 6) is -0.482. The number of thiophene rings is 1. The Labute approximate surface area is 115 Å². The van der Waals surface area contributed by atoms with Crippen LogP contribution in [0.15, 0.2) is 35.8 Å². The molecular weight excluding hydrogens is 263 g/mol. The molecule has 19 heavy (non-hydrogen) atoms. The standard InChI is InChI=1S/C14H15FN2OS/c1-17(10-12-3-2-8-19-12)7-6-14(18)13-5-4-11(15)9-16-13/h2-5,8-9H,6-7,10H2,1H3. The molecule has 2 aromatic heterocycles. The van der Waals surface area contributed by atoms with Crippen molar-refractivity contribution in [3.05, 3.63) is 52.2 Å². The summed E-state index contributed by atoms with van der Waals surface area (Å²) in [6.07, 6.45) is 1.46. The Morgan fingerprint density at radius 1 is 1.42 bits per heavy atom. The van der Waals surface area contributed by atoms with Crippen LogP contribution >= 0.6 is 11.3 Å². The van der Waals surface area contributed by atoms with Gasteiger partial charge in [-0.25, -0.2) is 4.39 Å². The number of hydrogen-bond donors (Lipinski definition) is 0. The van der Waals surface area contributed by atoms with Crippen molar-refractivity contribution < 1.29 is 9.18 Å². The van der Waals surface area contributed by atoms with Crippen LogP contribution in [0.1, 0.15) is 21.8 Å². The van der Waals surface area contributed by atoms with Gasteiger partial charge in [-0.2, -0.15) is 0 Å². The summed E-state index contributed by atoms with van der Waals surface area (Å²) in [5, 5.41) is 2.04. The molecule has 0 atom stereocenters. The van der Waals surface area contributed by atoms with E-state index >= 15 is 0 Å². The smallest absolute Gasteiger partial charge is 0.182 e. The molecule has 0 amide bonds. The van der Waals surface area contributed by atoms with Crippen LogP contribution in [-0.2, 0) is 6.54 Å². The molecule has 2 aromatic rings. The molecule has 2 heterocycles. The molecule has 0 aliphatic rings. The Morgan fingerprint density at radius 3 is 2.89 bits per heavy atom. The second-order valence-corrected chi connectivity index (χ2v) is 5.38. The molecule has 0 saturated heterocycles. The largest absolute Gasteiger partial charge is 0.301 e. The van der Waals surface area contributed by atoms with Gasteiger partial charge in [-0.3, -0.25) is 9.78 Å². The van der Waals surface area contributed by atoms with Crippen molar-refractivity contribution in [3.8, 4) is 0 Å². The van der Waals surface area contributed by atoms with Gasteiger partial charge in [0, 0.05) is 24.4 Å². The van der Waals surface area contributed by atoms with Gasteiger partial charge in [-0.05, 0) is 30.6 Å². The van der Waals surface area contributed by atoms with E-state index in [0.29, 0.717) is 18.7 Å². The highest BCUT2D eigenvalue weighted by Crippen LogP contribution is 2.11. The second kappa shape index (κ2) is 6.54. The normalized spacial score (nSPS) is 10.9. The van der Waals surface area contributed by atoms with E-state index in [4.69, 9.17) is 0 Å². The molecule has 0 unspecified atom stereocenters. The van der Waals surface area contributed by atoms with E-state index < -0.39 is 5.82 Å². The van der Waals surface area contributed by atoms with Crippen LogP contribution in [0.25, 0.3) is 0 Å². The molecule has 0 aliphatic heterocycles. The van der Waals surface area contributed by atoms with E-state index in [-0.39, 0.29) is 5.78 Å². The number of carbonyl (C=O) groups excluding carboxylic acids is 1. The van der Waals surface area contributed by atoms with Gasteiger partial charge in [-0.15, -0.1) is 11.3 Å². The van der Waals surface area contributed by atoms with Crippen LogP contribution in [0.4, 0.5) is 4.39 Å². The molecule has 5 heteroatoms. The Kier molecular flexibility index (Phi) is 4.76. The first-order chi connectivity index (χ1) is 9.15. The summed E-state index contributed by atoms with van der Waals surface area (Å²) in [5.41, 5.74) is 0.325. The van der Waals surface area contributed by atoms with Crippen LogP contribution in [-0.4, -0.2) is 29.3 Å². The minimum Gasteiger partial charge on any atom is -0.301 e. The van der Waals surface area contributed by atoms with Gasteiger partial charge in [0.15, 0.2) is 5.78 Å². The van der Waals surface area contributed by atoms with Crippen molar-refractivity contribution in [1.82, 2.24) is 9.88 Å². The van der Waals surface area contributed by atoms with Gasteiger partial charge < -0.3 is 4.90 Å². The summed E-state index contributed by atoms with van der Waals surface area (Å²) in [4.78, 5) is 19.0. The zero-order valence-corrected chi connectivity index (χ0v) is 11.5. The maximum atomic E-state index is 12.7. The van der Waals surface area contributed by atoms with Crippen LogP contribution < -0.4 is 0 Å². The lowest BCUT2D eigenvalue weighted by atomic mass is 10.2. The van der Waals surface area contributed by atoms with E-state index in [1.807, 2.05) is 18.5 Å². The van der Waals surface area contributed by atoms with E-state index in [2.05, 4.69) is 16.0 Å². The first kappa shape index (κ1) is 13.8. The van der Waals surface area contributed by atoms with Crippen molar-refractivity contribution in [2.45, 2.75) is 13.0 Å². The average molecular weight is 278 g/mol. The van der Waals surface area contributed by atoms with E-state index in [0.717, 1.165) is 12.7 Å². The molecule has 2 rings (SSSR count). The molecule has 0 spiro atoms. The van der Waals surface area contributed by atoms with E-state index in [1.165, 1.54) is 17.0 Å². The lowest BCUT2D eigenvalue weighted by molar-refractivity contribution is 0.0963. The lowest BCUT2D eigenvalue weighted by Crippen LogP contribution is -2.21. The third-order valence-corrected chi connectivity index (χ3v) is 3.60. The number of aromatic nitrogens is 1. The first-order valence-electron chi connectivity index (χ1n) is 6.01. The second-order valence-electron chi connectivity index (χ2n) is 4.35. The number of Topliss-reactive ketones (excluding diaryl/α,β-unsaturated/α-hetero) is 1. The van der Waals surface area contributed by atoms with Gasteiger partial charge in [0.25, 0.3) is 0 Å². The highest BCUT2D eigenvalue weighted by atomic mass is 32.1. The lowest BCUT2D eigenvalue weighted by Gasteiger charge is -2.14. The molecule has 0 aliphatic carbocycles. The number of ketones is 1. The number of halogens is 1. The number of nitrogens with zero attached hydrogens (tertiary/aromatic N) is 2. The summed E-state index contributed by atoms with van der Waals surface area (Å²) >= 11 is 1.70. The predicted octanol–water partition coefficient (Wildman–Crippen LogP) is 2.99. The van der Waals surface area contributed by atoms with Crippen molar-refractivity contribution in [2.24, 2.45) is 0 Å².